The van der Waals surface area contributed by atoms with E-state index >= 15 is 0 Å². The van der Waals surface area contributed by atoms with Gasteiger partial charge in [0.2, 0.25) is 17.7 Å². The van der Waals surface area contributed by atoms with Crippen LogP contribution in [0.5, 0.6) is 5.75 Å². The van der Waals surface area contributed by atoms with Crippen molar-refractivity contribution < 1.29 is 34.1 Å². The predicted octanol–water partition coefficient (Wildman–Crippen LogP) is 4.97. The number of nitrogens with zero attached hydrogens (tertiary/aromatic N) is 2. The highest BCUT2D eigenvalue weighted by Crippen LogP contribution is 2.43. The van der Waals surface area contributed by atoms with Gasteiger partial charge in [-0.25, -0.2) is 4.79 Å². The van der Waals surface area contributed by atoms with Crippen molar-refractivity contribution in [1.82, 2.24) is 15.5 Å². The van der Waals surface area contributed by atoms with E-state index in [0.717, 1.165) is 29.7 Å². The van der Waals surface area contributed by atoms with Gasteiger partial charge in [0.15, 0.2) is 0 Å². The van der Waals surface area contributed by atoms with Gasteiger partial charge in [0, 0.05) is 32.0 Å². The molecule has 3 aromatic carbocycles. The standard InChI is InChI=1S/C40H50N4O7/c1-4-10-35(46)44-34(26-29-15-19-32(51-3)20-16-29)37(47)43(36(44)30-11-6-5-7-12-30)31-17-13-28(14-18-31)25-33(38(48)49)42-39(50)40(21-8-9-22-40)23-24-41-27(2)45/h5-7,11-20,33-34,36-37,47H,4,8-10,21-26H2,1-3H3,(H,41,45)(H,42,50)(H,48,49). The molecule has 0 spiro atoms. The molecule has 1 saturated carbocycles. The van der Waals surface area contributed by atoms with Crippen molar-refractivity contribution in [3.8, 4) is 5.75 Å². The number of hydrogen-bond acceptors (Lipinski definition) is 7. The molecule has 11 nitrogen and oxygen atoms in total. The van der Waals surface area contributed by atoms with Crippen LogP contribution in [0.1, 0.15) is 81.6 Å². The molecule has 51 heavy (non-hydrogen) atoms. The van der Waals surface area contributed by atoms with Crippen LogP contribution in [-0.4, -0.2) is 70.8 Å². The third-order valence-corrected chi connectivity index (χ3v) is 10.3. The topological polar surface area (TPSA) is 149 Å². The Kier molecular flexibility index (Phi) is 12.4. The first-order valence-corrected chi connectivity index (χ1v) is 17.9. The minimum atomic E-state index is -1.15. The summed E-state index contributed by atoms with van der Waals surface area (Å²) in [4.78, 5) is 54.9. The van der Waals surface area contributed by atoms with Crippen LogP contribution in [0.3, 0.4) is 0 Å². The molecule has 4 unspecified atom stereocenters. The molecule has 0 radical (unpaired) electrons. The lowest BCUT2D eigenvalue weighted by molar-refractivity contribution is -0.144. The zero-order chi connectivity index (χ0) is 36.5. The summed E-state index contributed by atoms with van der Waals surface area (Å²) in [5, 5.41) is 27.7. The Morgan fingerprint density at radius 2 is 1.59 bits per heavy atom. The molecule has 1 aliphatic carbocycles. The van der Waals surface area contributed by atoms with Gasteiger partial charge in [-0.3, -0.25) is 14.4 Å². The molecular weight excluding hydrogens is 648 g/mol. The monoisotopic (exact) mass is 698 g/mol. The number of aliphatic hydroxyl groups excluding tert-OH is 1. The first kappa shape index (κ1) is 37.4. The number of benzene rings is 3. The zero-order valence-corrected chi connectivity index (χ0v) is 29.7. The lowest BCUT2D eigenvalue weighted by Gasteiger charge is -2.33. The Labute approximate surface area is 300 Å². The molecule has 5 rings (SSSR count). The fourth-order valence-electron chi connectivity index (χ4n) is 7.57. The lowest BCUT2D eigenvalue weighted by Crippen LogP contribution is -2.49. The minimum absolute atomic E-state index is 0.0554. The molecule has 2 fully saturated rings. The number of ether oxygens (including phenoxy) is 1. The van der Waals surface area contributed by atoms with E-state index < -0.39 is 35.9 Å². The summed E-state index contributed by atoms with van der Waals surface area (Å²) in [6.45, 7) is 3.75. The van der Waals surface area contributed by atoms with Crippen LogP contribution in [0.2, 0.25) is 0 Å². The van der Waals surface area contributed by atoms with E-state index in [9.17, 15) is 29.4 Å². The first-order chi connectivity index (χ1) is 24.6. The molecule has 1 saturated heterocycles. The Bertz CT molecular complexity index is 1640. The summed E-state index contributed by atoms with van der Waals surface area (Å²) in [6.07, 6.45) is 3.36. The Balaban J connectivity index is 1.40. The van der Waals surface area contributed by atoms with Gasteiger partial charge in [-0.1, -0.05) is 74.4 Å². The van der Waals surface area contributed by atoms with Crippen molar-refractivity contribution in [3.63, 3.8) is 0 Å². The van der Waals surface area contributed by atoms with Crippen molar-refractivity contribution in [1.29, 1.82) is 0 Å². The van der Waals surface area contributed by atoms with Crippen LogP contribution in [0.4, 0.5) is 5.69 Å². The minimum Gasteiger partial charge on any atom is -0.497 e. The second kappa shape index (κ2) is 16.9. The highest BCUT2D eigenvalue weighted by atomic mass is 16.5. The fraction of sp³-hybridized carbons (Fsp3) is 0.450. The molecule has 2 aliphatic rings. The van der Waals surface area contributed by atoms with Gasteiger partial charge in [0.25, 0.3) is 0 Å². The van der Waals surface area contributed by atoms with E-state index in [1.807, 2.05) is 95.6 Å². The molecule has 1 aliphatic heterocycles. The van der Waals surface area contributed by atoms with Gasteiger partial charge in [0.1, 0.15) is 24.2 Å². The molecule has 4 N–H and O–H groups in total. The van der Waals surface area contributed by atoms with Crippen LogP contribution < -0.4 is 20.3 Å². The third kappa shape index (κ3) is 8.71. The number of carboxylic acid groups (broad SMARTS) is 1. The highest BCUT2D eigenvalue weighted by Gasteiger charge is 2.49. The molecule has 0 aromatic heterocycles. The number of carbonyl (C=O) groups excluding carboxylic acids is 3. The summed E-state index contributed by atoms with van der Waals surface area (Å²) in [5.74, 6) is -0.925. The van der Waals surface area contributed by atoms with E-state index in [2.05, 4.69) is 10.6 Å². The molecule has 3 aromatic rings. The summed E-state index contributed by atoms with van der Waals surface area (Å²) in [6, 6.07) is 22.9. The van der Waals surface area contributed by atoms with Crippen LogP contribution in [0.15, 0.2) is 78.9 Å². The number of carbonyl (C=O) groups is 4. The second-order valence-corrected chi connectivity index (χ2v) is 13.7. The molecule has 3 amide bonds. The molecule has 4 atom stereocenters. The van der Waals surface area contributed by atoms with Gasteiger partial charge < -0.3 is 35.4 Å². The van der Waals surface area contributed by atoms with E-state index in [1.165, 1.54) is 6.92 Å². The van der Waals surface area contributed by atoms with Gasteiger partial charge in [-0.15, -0.1) is 0 Å². The van der Waals surface area contributed by atoms with Gasteiger partial charge in [-0.2, -0.15) is 0 Å². The van der Waals surface area contributed by atoms with E-state index in [1.54, 1.807) is 7.11 Å². The number of amides is 3. The summed E-state index contributed by atoms with van der Waals surface area (Å²) in [7, 11) is 1.61. The average Bonchev–Trinajstić information content (AvgIpc) is 3.72. The van der Waals surface area contributed by atoms with Crippen LogP contribution in [0.25, 0.3) is 0 Å². The molecule has 11 heteroatoms. The number of methoxy groups -OCH3 is 1. The number of aliphatic carboxylic acids is 1. The fourth-order valence-corrected chi connectivity index (χ4v) is 7.57. The predicted molar refractivity (Wildman–Crippen MR) is 194 cm³/mol. The maximum Gasteiger partial charge on any atom is 0.326 e. The largest absolute Gasteiger partial charge is 0.497 e. The normalized spacial score (nSPS) is 20.1. The van der Waals surface area contributed by atoms with Gasteiger partial charge in [-0.05, 0) is 73.1 Å². The summed E-state index contributed by atoms with van der Waals surface area (Å²) < 4.78 is 5.33. The highest BCUT2D eigenvalue weighted by molar-refractivity contribution is 5.88. The number of aliphatic hydroxyl groups is 1. The van der Waals surface area contributed by atoms with Crippen molar-refractivity contribution in [2.75, 3.05) is 18.6 Å². The summed E-state index contributed by atoms with van der Waals surface area (Å²) >= 11 is 0. The SMILES string of the molecule is CCCC(=O)N1C(Cc2ccc(OC)cc2)C(O)N(c2ccc(CC(NC(=O)C3(CCNC(C)=O)CCCC3)C(=O)O)cc2)C1c1ccccc1. The quantitative estimate of drug-likeness (QED) is 0.174. The number of rotatable bonds is 15. The van der Waals surface area contributed by atoms with Crippen molar-refractivity contribution >= 4 is 29.4 Å². The van der Waals surface area contributed by atoms with Crippen LogP contribution in [-0.2, 0) is 32.0 Å². The summed E-state index contributed by atoms with van der Waals surface area (Å²) in [5.41, 5.74) is 2.47. The second-order valence-electron chi connectivity index (χ2n) is 13.7. The number of anilines is 1. The Morgan fingerprint density at radius 1 is 0.941 bits per heavy atom. The van der Waals surface area contributed by atoms with E-state index in [-0.39, 0.29) is 24.1 Å². The first-order valence-electron chi connectivity index (χ1n) is 17.9. The Morgan fingerprint density at radius 3 is 2.18 bits per heavy atom. The van der Waals surface area contributed by atoms with Crippen LogP contribution in [0, 0.1) is 5.41 Å². The van der Waals surface area contributed by atoms with Crippen molar-refractivity contribution in [3.05, 3.63) is 95.6 Å². The Hall–Kier alpha value is -4.90. The zero-order valence-electron chi connectivity index (χ0n) is 29.7. The number of hydrogen-bond donors (Lipinski definition) is 4. The maximum atomic E-state index is 13.8. The van der Waals surface area contributed by atoms with Gasteiger partial charge in [0.05, 0.1) is 18.6 Å². The maximum absolute atomic E-state index is 13.8. The van der Waals surface area contributed by atoms with Crippen molar-refractivity contribution in [2.45, 2.75) is 96.1 Å². The van der Waals surface area contributed by atoms with Crippen LogP contribution >= 0.6 is 0 Å². The molecular formula is C40H50N4O7. The number of carboxylic acids is 1. The number of nitrogens with one attached hydrogen (secondary N) is 2. The van der Waals surface area contributed by atoms with Gasteiger partial charge >= 0.3 is 5.97 Å². The third-order valence-electron chi connectivity index (χ3n) is 10.3. The van der Waals surface area contributed by atoms with E-state index in [0.29, 0.717) is 56.3 Å². The molecule has 272 valence electrons. The lowest BCUT2D eigenvalue weighted by atomic mass is 9.81. The average molecular weight is 699 g/mol. The smallest absolute Gasteiger partial charge is 0.326 e. The van der Waals surface area contributed by atoms with Crippen molar-refractivity contribution in [2.24, 2.45) is 5.41 Å². The molecule has 0 bridgehead atoms. The molecule has 1 heterocycles. The van der Waals surface area contributed by atoms with E-state index in [4.69, 9.17) is 4.74 Å².